The number of ether oxygens (including phenoxy) is 2. The Morgan fingerprint density at radius 3 is 2.54 bits per heavy atom. The van der Waals surface area contributed by atoms with Crippen molar-refractivity contribution in [3.8, 4) is 11.5 Å². The number of aliphatic hydroxyl groups is 1. The molecule has 1 fully saturated rings. The second-order valence-electron chi connectivity index (χ2n) is 9.54. The molecular formula is C30H30N2O5. The van der Waals surface area contributed by atoms with Gasteiger partial charge in [-0.1, -0.05) is 12.1 Å². The highest BCUT2D eigenvalue weighted by molar-refractivity contribution is 6.51. The maximum absolute atomic E-state index is 13.5. The number of hydrogen-bond acceptors (Lipinski definition) is 6. The molecule has 37 heavy (non-hydrogen) atoms. The summed E-state index contributed by atoms with van der Waals surface area (Å²) >= 11 is 0. The Hall–Kier alpha value is -4.26. The summed E-state index contributed by atoms with van der Waals surface area (Å²) < 4.78 is 11.5. The van der Waals surface area contributed by atoms with Crippen molar-refractivity contribution in [3.05, 3.63) is 89.0 Å². The van der Waals surface area contributed by atoms with Gasteiger partial charge in [0.15, 0.2) is 0 Å². The molecule has 1 amide bonds. The van der Waals surface area contributed by atoms with Crippen LogP contribution >= 0.6 is 0 Å². The van der Waals surface area contributed by atoms with E-state index < -0.39 is 17.7 Å². The van der Waals surface area contributed by atoms with Gasteiger partial charge in [0.05, 0.1) is 18.2 Å². The lowest BCUT2D eigenvalue weighted by Crippen LogP contribution is -2.29. The molecule has 7 heteroatoms. The van der Waals surface area contributed by atoms with Gasteiger partial charge in [-0.05, 0) is 79.6 Å². The van der Waals surface area contributed by atoms with Crippen molar-refractivity contribution in [2.75, 3.05) is 30.5 Å². The standard InChI is InChI=1S/C30H30N2O5/c1-5-36-24-8-6-7-19(17-24)27-26(28(33)20-9-14-25-21(16-20)15-18(2)37-25)29(34)30(35)32(27)23-12-10-22(11-13-23)31(3)4/h6-14,16-18,27,33H,5,15H2,1-4H3/b28-26-. The molecule has 0 saturated carbocycles. The number of carbonyl (C=O) groups excluding carboxylic acids is 2. The van der Waals surface area contributed by atoms with E-state index >= 15 is 0 Å². The summed E-state index contributed by atoms with van der Waals surface area (Å²) in [5.41, 5.74) is 3.67. The number of rotatable bonds is 6. The molecule has 2 unspecified atom stereocenters. The Morgan fingerprint density at radius 2 is 1.84 bits per heavy atom. The first-order chi connectivity index (χ1) is 17.8. The molecule has 0 aliphatic carbocycles. The third kappa shape index (κ3) is 4.42. The Bertz CT molecular complexity index is 1390. The lowest BCUT2D eigenvalue weighted by atomic mass is 9.94. The van der Waals surface area contributed by atoms with Crippen molar-refractivity contribution in [3.63, 3.8) is 0 Å². The third-order valence-corrected chi connectivity index (χ3v) is 6.74. The van der Waals surface area contributed by atoms with E-state index in [4.69, 9.17) is 9.47 Å². The fourth-order valence-corrected chi connectivity index (χ4v) is 4.99. The van der Waals surface area contributed by atoms with E-state index in [1.54, 1.807) is 12.1 Å². The number of carbonyl (C=O) groups is 2. The molecule has 0 spiro atoms. The number of hydrogen-bond donors (Lipinski definition) is 1. The van der Waals surface area contributed by atoms with Gasteiger partial charge < -0.3 is 19.5 Å². The molecule has 2 aliphatic heterocycles. The number of anilines is 2. The van der Waals surface area contributed by atoms with Crippen LogP contribution in [0.5, 0.6) is 11.5 Å². The van der Waals surface area contributed by atoms with Gasteiger partial charge in [-0.2, -0.15) is 0 Å². The molecule has 0 bridgehead atoms. The summed E-state index contributed by atoms with van der Waals surface area (Å²) in [6.07, 6.45) is 0.757. The number of Topliss-reactive ketones (excluding diaryl/α,β-unsaturated/α-hetero) is 1. The van der Waals surface area contributed by atoms with Crippen LogP contribution in [0.15, 0.2) is 72.3 Å². The smallest absolute Gasteiger partial charge is 0.300 e. The average Bonchev–Trinajstić information content (AvgIpc) is 3.39. The van der Waals surface area contributed by atoms with E-state index in [1.165, 1.54) is 4.90 Å². The Kier molecular flexibility index (Phi) is 6.38. The highest BCUT2D eigenvalue weighted by Gasteiger charge is 2.47. The monoisotopic (exact) mass is 498 g/mol. The lowest BCUT2D eigenvalue weighted by molar-refractivity contribution is -0.132. The highest BCUT2D eigenvalue weighted by Crippen LogP contribution is 2.43. The topological polar surface area (TPSA) is 79.3 Å². The molecule has 7 nitrogen and oxygen atoms in total. The van der Waals surface area contributed by atoms with Gasteiger partial charge in [-0.3, -0.25) is 14.5 Å². The molecule has 0 radical (unpaired) electrons. The van der Waals surface area contributed by atoms with Crippen LogP contribution in [0.3, 0.4) is 0 Å². The first-order valence-electron chi connectivity index (χ1n) is 12.4. The van der Waals surface area contributed by atoms with Crippen molar-refractivity contribution < 1.29 is 24.2 Å². The van der Waals surface area contributed by atoms with Crippen LogP contribution in [0.2, 0.25) is 0 Å². The maximum atomic E-state index is 13.5. The number of aliphatic hydroxyl groups excluding tert-OH is 1. The number of ketones is 1. The zero-order valence-corrected chi connectivity index (χ0v) is 21.4. The minimum atomic E-state index is -0.825. The number of fused-ring (bicyclic) bond motifs is 1. The molecule has 2 aliphatic rings. The zero-order valence-electron chi connectivity index (χ0n) is 21.4. The van der Waals surface area contributed by atoms with E-state index in [-0.39, 0.29) is 17.4 Å². The number of benzene rings is 3. The molecule has 3 aromatic rings. The van der Waals surface area contributed by atoms with Crippen LogP contribution in [0, 0.1) is 0 Å². The van der Waals surface area contributed by atoms with Gasteiger partial charge >= 0.3 is 0 Å². The molecule has 1 N–H and O–H groups in total. The summed E-state index contributed by atoms with van der Waals surface area (Å²) in [6.45, 7) is 4.35. The van der Waals surface area contributed by atoms with Gasteiger partial charge in [0.2, 0.25) is 0 Å². The molecule has 3 aromatic carbocycles. The van der Waals surface area contributed by atoms with E-state index in [0.29, 0.717) is 35.6 Å². The van der Waals surface area contributed by atoms with E-state index in [9.17, 15) is 14.7 Å². The average molecular weight is 499 g/mol. The second kappa shape index (κ2) is 9.65. The molecule has 2 heterocycles. The minimum Gasteiger partial charge on any atom is -0.507 e. The van der Waals surface area contributed by atoms with Crippen molar-refractivity contribution in [2.24, 2.45) is 0 Å². The number of amides is 1. The summed E-state index contributed by atoms with van der Waals surface area (Å²) in [6, 6.07) is 19.2. The van der Waals surface area contributed by atoms with Crippen LogP contribution in [0.25, 0.3) is 5.76 Å². The van der Waals surface area contributed by atoms with Crippen LogP contribution in [0.4, 0.5) is 11.4 Å². The van der Waals surface area contributed by atoms with Crippen LogP contribution in [-0.2, 0) is 16.0 Å². The van der Waals surface area contributed by atoms with Gasteiger partial charge in [0, 0.05) is 37.5 Å². The van der Waals surface area contributed by atoms with E-state index in [0.717, 1.165) is 17.0 Å². The normalized spacial score (nSPS) is 20.1. The molecule has 0 aromatic heterocycles. The predicted molar refractivity (Wildman–Crippen MR) is 143 cm³/mol. The Balaban J connectivity index is 1.67. The third-order valence-electron chi connectivity index (χ3n) is 6.74. The van der Waals surface area contributed by atoms with Gasteiger partial charge in [-0.25, -0.2) is 0 Å². The van der Waals surface area contributed by atoms with Crippen molar-refractivity contribution in [1.29, 1.82) is 0 Å². The first kappa shape index (κ1) is 24.4. The first-order valence-corrected chi connectivity index (χ1v) is 12.4. The van der Waals surface area contributed by atoms with E-state index in [1.807, 2.05) is 87.4 Å². The zero-order chi connectivity index (χ0) is 26.3. The fourth-order valence-electron chi connectivity index (χ4n) is 4.99. The van der Waals surface area contributed by atoms with Crippen LogP contribution < -0.4 is 19.3 Å². The molecule has 5 rings (SSSR count). The molecule has 190 valence electrons. The van der Waals surface area contributed by atoms with E-state index in [2.05, 4.69) is 0 Å². The summed E-state index contributed by atoms with van der Waals surface area (Å²) in [5, 5.41) is 11.5. The quantitative estimate of drug-likeness (QED) is 0.289. The minimum absolute atomic E-state index is 0.0437. The maximum Gasteiger partial charge on any atom is 0.300 e. The highest BCUT2D eigenvalue weighted by atomic mass is 16.5. The van der Waals surface area contributed by atoms with Crippen LogP contribution in [0.1, 0.15) is 36.6 Å². The Morgan fingerprint density at radius 1 is 1.08 bits per heavy atom. The molecule has 1 saturated heterocycles. The fraction of sp³-hybridized carbons (Fsp3) is 0.267. The van der Waals surface area contributed by atoms with Crippen LogP contribution in [-0.4, -0.2) is 43.6 Å². The summed E-state index contributed by atoms with van der Waals surface area (Å²) in [5.74, 6) is -0.237. The van der Waals surface area contributed by atoms with Crippen molar-refractivity contribution in [1.82, 2.24) is 0 Å². The largest absolute Gasteiger partial charge is 0.507 e. The van der Waals surface area contributed by atoms with Gasteiger partial charge in [-0.15, -0.1) is 0 Å². The van der Waals surface area contributed by atoms with Crippen molar-refractivity contribution in [2.45, 2.75) is 32.4 Å². The Labute approximate surface area is 216 Å². The van der Waals surface area contributed by atoms with Crippen molar-refractivity contribution >= 4 is 28.8 Å². The SMILES string of the molecule is CCOc1cccc(C2/C(=C(/O)c3ccc4c(c3)CC(C)O4)C(=O)C(=O)N2c2ccc(N(C)C)cc2)c1. The second-order valence-corrected chi connectivity index (χ2v) is 9.54. The summed E-state index contributed by atoms with van der Waals surface area (Å²) in [4.78, 5) is 30.4. The van der Waals surface area contributed by atoms with Gasteiger partial charge in [0.1, 0.15) is 23.4 Å². The lowest BCUT2D eigenvalue weighted by Gasteiger charge is -2.26. The molecular weight excluding hydrogens is 468 g/mol. The van der Waals surface area contributed by atoms with Gasteiger partial charge in [0.25, 0.3) is 11.7 Å². The molecule has 2 atom stereocenters. The summed E-state index contributed by atoms with van der Waals surface area (Å²) in [7, 11) is 3.87. The number of nitrogens with zero attached hydrogens (tertiary/aromatic N) is 2. The predicted octanol–water partition coefficient (Wildman–Crippen LogP) is 5.10.